The van der Waals surface area contributed by atoms with E-state index in [0.717, 1.165) is 17.9 Å². The van der Waals surface area contributed by atoms with Gasteiger partial charge in [0.2, 0.25) is 0 Å². The first-order valence-electron chi connectivity index (χ1n) is 6.72. The van der Waals surface area contributed by atoms with Crippen molar-refractivity contribution >= 4 is 0 Å². The molecule has 98 valence electrons. The minimum absolute atomic E-state index is 0.182. The van der Waals surface area contributed by atoms with Gasteiger partial charge in [-0.2, -0.15) is 0 Å². The van der Waals surface area contributed by atoms with Crippen molar-refractivity contribution in [2.45, 2.75) is 37.6 Å². The van der Waals surface area contributed by atoms with E-state index in [1.165, 1.54) is 25.3 Å². The minimum Gasteiger partial charge on any atom is -0.497 e. The van der Waals surface area contributed by atoms with Gasteiger partial charge in [0.15, 0.2) is 0 Å². The molecule has 0 radical (unpaired) electrons. The van der Waals surface area contributed by atoms with Crippen LogP contribution in [0.15, 0.2) is 18.2 Å². The Morgan fingerprint density at radius 3 is 2.83 bits per heavy atom. The summed E-state index contributed by atoms with van der Waals surface area (Å²) >= 11 is 0. The zero-order valence-electron chi connectivity index (χ0n) is 10.8. The first-order valence-corrected chi connectivity index (χ1v) is 6.72. The van der Waals surface area contributed by atoms with E-state index in [0.29, 0.717) is 18.1 Å². The molecule has 1 aromatic carbocycles. The molecule has 2 fully saturated rings. The Morgan fingerprint density at radius 1 is 1.44 bits per heavy atom. The fourth-order valence-electron chi connectivity index (χ4n) is 3.86. The molecule has 3 atom stereocenters. The van der Waals surface area contributed by atoms with Crippen LogP contribution in [0.2, 0.25) is 0 Å². The molecule has 0 aromatic heterocycles. The third kappa shape index (κ3) is 1.91. The maximum Gasteiger partial charge on any atom is 0.130 e. The largest absolute Gasteiger partial charge is 0.497 e. The fraction of sp³-hybridized carbons (Fsp3) is 0.600. The molecule has 0 aliphatic heterocycles. The van der Waals surface area contributed by atoms with Crippen LogP contribution in [0.4, 0.5) is 4.39 Å². The normalized spacial score (nSPS) is 33.9. The van der Waals surface area contributed by atoms with Gasteiger partial charge in [0, 0.05) is 11.6 Å². The average Bonchev–Trinajstić information content (AvgIpc) is 2.91. The fourth-order valence-corrected chi connectivity index (χ4v) is 3.86. The third-order valence-corrected chi connectivity index (χ3v) is 4.80. The number of fused-ring (bicyclic) bond motifs is 2. The summed E-state index contributed by atoms with van der Waals surface area (Å²) in [6.07, 6.45) is 5.50. The van der Waals surface area contributed by atoms with E-state index in [4.69, 9.17) is 10.5 Å². The molecule has 3 unspecified atom stereocenters. The molecule has 0 spiro atoms. The van der Waals surface area contributed by atoms with Crippen LogP contribution in [0.5, 0.6) is 5.75 Å². The summed E-state index contributed by atoms with van der Waals surface area (Å²) in [5.74, 6) is 1.74. The Hall–Kier alpha value is -1.09. The van der Waals surface area contributed by atoms with Crippen LogP contribution >= 0.6 is 0 Å². The van der Waals surface area contributed by atoms with Crippen molar-refractivity contribution in [2.75, 3.05) is 7.11 Å². The Kier molecular flexibility index (Phi) is 2.81. The summed E-state index contributed by atoms with van der Waals surface area (Å²) in [6, 6.07) is 5.08. The standard InChI is InChI=1S/C15H20FNO/c1-18-13-5-3-11(14(16)7-13)9-15(17)8-10-2-4-12(15)6-10/h3,5,7,10,12H,2,4,6,8-9,17H2,1H3. The predicted octanol–water partition coefficient (Wildman–Crippen LogP) is 2.89. The van der Waals surface area contributed by atoms with Gasteiger partial charge in [-0.05, 0) is 49.1 Å². The van der Waals surface area contributed by atoms with Crippen molar-refractivity contribution in [3.63, 3.8) is 0 Å². The molecule has 0 saturated heterocycles. The second-order valence-electron chi connectivity index (χ2n) is 5.95. The number of rotatable bonds is 3. The summed E-state index contributed by atoms with van der Waals surface area (Å²) in [4.78, 5) is 0. The second-order valence-corrected chi connectivity index (χ2v) is 5.95. The number of halogens is 1. The first kappa shape index (κ1) is 12.0. The monoisotopic (exact) mass is 249 g/mol. The van der Waals surface area contributed by atoms with Crippen molar-refractivity contribution in [3.8, 4) is 5.75 Å². The van der Waals surface area contributed by atoms with E-state index in [-0.39, 0.29) is 11.4 Å². The SMILES string of the molecule is COc1ccc(CC2(N)CC3CCC2C3)c(F)c1. The maximum atomic E-state index is 14.0. The number of methoxy groups -OCH3 is 1. The molecule has 18 heavy (non-hydrogen) atoms. The number of hydrogen-bond acceptors (Lipinski definition) is 2. The quantitative estimate of drug-likeness (QED) is 0.894. The van der Waals surface area contributed by atoms with Gasteiger partial charge in [-0.3, -0.25) is 0 Å². The Balaban J connectivity index is 1.80. The third-order valence-electron chi connectivity index (χ3n) is 4.80. The van der Waals surface area contributed by atoms with Gasteiger partial charge in [0.1, 0.15) is 11.6 Å². The molecule has 3 heteroatoms. The lowest BCUT2D eigenvalue weighted by Crippen LogP contribution is -2.47. The van der Waals surface area contributed by atoms with Crippen molar-refractivity contribution < 1.29 is 9.13 Å². The lowest BCUT2D eigenvalue weighted by Gasteiger charge is -2.34. The van der Waals surface area contributed by atoms with Gasteiger partial charge >= 0.3 is 0 Å². The molecule has 2 saturated carbocycles. The van der Waals surface area contributed by atoms with E-state index in [9.17, 15) is 4.39 Å². The van der Waals surface area contributed by atoms with E-state index < -0.39 is 0 Å². The van der Waals surface area contributed by atoms with Crippen molar-refractivity contribution in [1.29, 1.82) is 0 Å². The van der Waals surface area contributed by atoms with Gasteiger partial charge < -0.3 is 10.5 Å². The predicted molar refractivity (Wildman–Crippen MR) is 69.0 cm³/mol. The van der Waals surface area contributed by atoms with Crippen LogP contribution in [0.3, 0.4) is 0 Å². The highest BCUT2D eigenvalue weighted by Gasteiger charge is 2.48. The van der Waals surface area contributed by atoms with Crippen LogP contribution in [-0.2, 0) is 6.42 Å². The summed E-state index contributed by atoms with van der Waals surface area (Å²) in [7, 11) is 1.55. The number of nitrogens with two attached hydrogens (primary N) is 1. The maximum absolute atomic E-state index is 14.0. The zero-order chi connectivity index (χ0) is 12.8. The van der Waals surface area contributed by atoms with Gasteiger partial charge in [0.25, 0.3) is 0 Å². The van der Waals surface area contributed by atoms with Gasteiger partial charge in [-0.1, -0.05) is 12.5 Å². The molecule has 2 aliphatic carbocycles. The number of hydrogen-bond donors (Lipinski definition) is 1. The second kappa shape index (κ2) is 4.23. The highest BCUT2D eigenvalue weighted by Crippen LogP contribution is 2.50. The molecule has 0 heterocycles. The summed E-state index contributed by atoms with van der Waals surface area (Å²) < 4.78 is 19.0. The van der Waals surface area contributed by atoms with E-state index in [1.54, 1.807) is 7.11 Å². The van der Waals surface area contributed by atoms with E-state index in [1.807, 2.05) is 12.1 Å². The molecule has 2 bridgehead atoms. The van der Waals surface area contributed by atoms with Gasteiger partial charge in [0.05, 0.1) is 7.11 Å². The lowest BCUT2D eigenvalue weighted by molar-refractivity contribution is 0.267. The molecular weight excluding hydrogens is 229 g/mol. The summed E-state index contributed by atoms with van der Waals surface area (Å²) in [6.45, 7) is 0. The van der Waals surface area contributed by atoms with Crippen molar-refractivity contribution in [2.24, 2.45) is 17.6 Å². The first-order chi connectivity index (χ1) is 8.60. The molecule has 3 rings (SSSR count). The van der Waals surface area contributed by atoms with Crippen LogP contribution in [0, 0.1) is 17.7 Å². The Labute approximate surface area is 107 Å². The molecular formula is C15H20FNO. The van der Waals surface area contributed by atoms with Crippen LogP contribution < -0.4 is 10.5 Å². The van der Waals surface area contributed by atoms with E-state index in [2.05, 4.69) is 0 Å². The summed E-state index contributed by atoms with van der Waals surface area (Å²) in [5, 5.41) is 0. The molecule has 1 aromatic rings. The smallest absolute Gasteiger partial charge is 0.130 e. The summed E-state index contributed by atoms with van der Waals surface area (Å²) in [5.41, 5.74) is 7.06. The van der Waals surface area contributed by atoms with E-state index >= 15 is 0 Å². The average molecular weight is 249 g/mol. The van der Waals surface area contributed by atoms with Crippen LogP contribution in [0.25, 0.3) is 0 Å². The molecule has 2 aliphatic rings. The van der Waals surface area contributed by atoms with Gasteiger partial charge in [-0.15, -0.1) is 0 Å². The molecule has 2 N–H and O–H groups in total. The Morgan fingerprint density at radius 2 is 2.28 bits per heavy atom. The highest BCUT2D eigenvalue weighted by atomic mass is 19.1. The minimum atomic E-state index is -0.193. The topological polar surface area (TPSA) is 35.2 Å². The zero-order valence-corrected chi connectivity index (χ0v) is 10.8. The lowest BCUT2D eigenvalue weighted by atomic mass is 9.77. The van der Waals surface area contributed by atoms with Crippen molar-refractivity contribution in [1.82, 2.24) is 0 Å². The molecule has 0 amide bonds. The van der Waals surface area contributed by atoms with Crippen LogP contribution in [0.1, 0.15) is 31.2 Å². The highest BCUT2D eigenvalue weighted by molar-refractivity contribution is 5.30. The number of ether oxygens (including phenoxy) is 1. The van der Waals surface area contributed by atoms with Gasteiger partial charge in [-0.25, -0.2) is 4.39 Å². The van der Waals surface area contributed by atoms with Crippen molar-refractivity contribution in [3.05, 3.63) is 29.6 Å². The number of benzene rings is 1. The van der Waals surface area contributed by atoms with Crippen LogP contribution in [-0.4, -0.2) is 12.6 Å². The Bertz CT molecular complexity index is 462. The molecule has 2 nitrogen and oxygen atoms in total.